The van der Waals surface area contributed by atoms with Crippen LogP contribution in [-0.2, 0) is 11.8 Å². The standard InChI is InChI=1S/C14H17N5O2/c1-18-9-16-19(14(18)21)11-6-4-10(5-7-11)17-13(20)12-3-2-8-15-12/h4-7,9,12,15H,2-3,8H2,1H3,(H,17,20)/t12-/m1/s1. The third-order valence-electron chi connectivity index (χ3n) is 3.58. The second kappa shape index (κ2) is 5.53. The summed E-state index contributed by atoms with van der Waals surface area (Å²) in [5.41, 5.74) is 1.17. The van der Waals surface area contributed by atoms with E-state index in [0.717, 1.165) is 19.4 Å². The van der Waals surface area contributed by atoms with E-state index in [1.165, 1.54) is 15.6 Å². The lowest BCUT2D eigenvalue weighted by Gasteiger charge is -2.11. The van der Waals surface area contributed by atoms with E-state index in [0.29, 0.717) is 11.4 Å². The van der Waals surface area contributed by atoms with Gasteiger partial charge < -0.3 is 10.6 Å². The first-order valence-electron chi connectivity index (χ1n) is 6.90. The van der Waals surface area contributed by atoms with Gasteiger partial charge in [-0.15, -0.1) is 0 Å². The molecule has 21 heavy (non-hydrogen) atoms. The maximum atomic E-state index is 12.0. The van der Waals surface area contributed by atoms with Crippen molar-refractivity contribution in [1.82, 2.24) is 19.7 Å². The second-order valence-electron chi connectivity index (χ2n) is 5.12. The minimum absolute atomic E-state index is 0.0183. The highest BCUT2D eigenvalue weighted by Gasteiger charge is 2.21. The lowest BCUT2D eigenvalue weighted by molar-refractivity contribution is -0.117. The Morgan fingerprint density at radius 3 is 2.71 bits per heavy atom. The van der Waals surface area contributed by atoms with Crippen LogP contribution >= 0.6 is 0 Å². The molecule has 3 rings (SSSR count). The fourth-order valence-electron chi connectivity index (χ4n) is 2.38. The Labute approximate surface area is 121 Å². The van der Waals surface area contributed by atoms with Crippen molar-refractivity contribution in [2.75, 3.05) is 11.9 Å². The Morgan fingerprint density at radius 1 is 1.38 bits per heavy atom. The Morgan fingerprint density at radius 2 is 2.14 bits per heavy atom. The number of benzene rings is 1. The maximum absolute atomic E-state index is 12.0. The van der Waals surface area contributed by atoms with Gasteiger partial charge in [0.1, 0.15) is 6.33 Å². The van der Waals surface area contributed by atoms with Crippen LogP contribution in [0.3, 0.4) is 0 Å². The molecule has 7 heteroatoms. The van der Waals surface area contributed by atoms with Crippen LogP contribution in [0.25, 0.3) is 5.69 Å². The molecule has 0 radical (unpaired) electrons. The molecule has 0 saturated carbocycles. The highest BCUT2D eigenvalue weighted by Crippen LogP contribution is 2.13. The van der Waals surface area contributed by atoms with E-state index < -0.39 is 0 Å². The van der Waals surface area contributed by atoms with Crippen molar-refractivity contribution in [3.05, 3.63) is 41.1 Å². The molecule has 2 aromatic rings. The highest BCUT2D eigenvalue weighted by atomic mass is 16.2. The van der Waals surface area contributed by atoms with Crippen LogP contribution < -0.4 is 16.3 Å². The fraction of sp³-hybridized carbons (Fsp3) is 0.357. The zero-order valence-corrected chi connectivity index (χ0v) is 11.7. The van der Waals surface area contributed by atoms with Crippen molar-refractivity contribution in [3.8, 4) is 5.69 Å². The molecule has 1 fully saturated rings. The van der Waals surface area contributed by atoms with Crippen LogP contribution in [0.15, 0.2) is 35.4 Å². The SMILES string of the molecule is Cn1cnn(-c2ccc(NC(=O)[C@H]3CCCN3)cc2)c1=O. The Bertz CT molecular complexity index is 695. The van der Waals surface area contributed by atoms with E-state index >= 15 is 0 Å². The van der Waals surface area contributed by atoms with E-state index in [1.54, 1.807) is 31.3 Å². The van der Waals surface area contributed by atoms with Crippen molar-refractivity contribution in [2.24, 2.45) is 7.05 Å². The molecular formula is C14H17N5O2. The molecule has 2 heterocycles. The lowest BCUT2D eigenvalue weighted by atomic mass is 10.2. The molecule has 1 aliphatic rings. The minimum atomic E-state index is -0.207. The molecule has 110 valence electrons. The van der Waals surface area contributed by atoms with E-state index in [-0.39, 0.29) is 17.6 Å². The average Bonchev–Trinajstić information content (AvgIpc) is 3.12. The monoisotopic (exact) mass is 287 g/mol. The van der Waals surface area contributed by atoms with Crippen LogP contribution in [0.5, 0.6) is 0 Å². The molecular weight excluding hydrogens is 270 g/mol. The van der Waals surface area contributed by atoms with Gasteiger partial charge in [0.15, 0.2) is 0 Å². The molecule has 1 aliphatic heterocycles. The van der Waals surface area contributed by atoms with Crippen molar-refractivity contribution < 1.29 is 4.79 Å². The van der Waals surface area contributed by atoms with Crippen LogP contribution in [0, 0.1) is 0 Å². The molecule has 1 atom stereocenters. The first-order valence-corrected chi connectivity index (χ1v) is 6.90. The number of anilines is 1. The van der Waals surface area contributed by atoms with Gasteiger partial charge in [0, 0.05) is 12.7 Å². The second-order valence-corrected chi connectivity index (χ2v) is 5.12. The number of carbonyl (C=O) groups is 1. The summed E-state index contributed by atoms with van der Waals surface area (Å²) in [7, 11) is 1.65. The molecule has 0 spiro atoms. The number of hydrogen-bond acceptors (Lipinski definition) is 4. The molecule has 7 nitrogen and oxygen atoms in total. The van der Waals surface area contributed by atoms with Gasteiger partial charge in [-0.3, -0.25) is 9.36 Å². The van der Waals surface area contributed by atoms with Gasteiger partial charge in [-0.25, -0.2) is 4.79 Å². The maximum Gasteiger partial charge on any atom is 0.350 e. The summed E-state index contributed by atoms with van der Waals surface area (Å²) in [6.07, 6.45) is 3.36. The molecule has 1 saturated heterocycles. The number of nitrogens with one attached hydrogen (secondary N) is 2. The van der Waals surface area contributed by atoms with Gasteiger partial charge in [-0.1, -0.05) is 0 Å². The van der Waals surface area contributed by atoms with Crippen LogP contribution in [0.2, 0.25) is 0 Å². The van der Waals surface area contributed by atoms with Crippen LogP contribution in [0.1, 0.15) is 12.8 Å². The van der Waals surface area contributed by atoms with E-state index in [9.17, 15) is 9.59 Å². The number of nitrogens with zero attached hydrogens (tertiary/aromatic N) is 3. The molecule has 0 aliphatic carbocycles. The fourth-order valence-corrected chi connectivity index (χ4v) is 2.38. The highest BCUT2D eigenvalue weighted by molar-refractivity contribution is 5.95. The van der Waals surface area contributed by atoms with Gasteiger partial charge in [0.2, 0.25) is 5.91 Å². The smallest absolute Gasteiger partial charge is 0.325 e. The number of carbonyl (C=O) groups excluding carboxylic acids is 1. The van der Waals surface area contributed by atoms with Crippen LogP contribution in [-0.4, -0.2) is 32.8 Å². The van der Waals surface area contributed by atoms with Crippen molar-refractivity contribution in [2.45, 2.75) is 18.9 Å². The zero-order chi connectivity index (χ0) is 14.8. The number of rotatable bonds is 3. The third kappa shape index (κ3) is 2.73. The number of hydrogen-bond donors (Lipinski definition) is 2. The molecule has 2 N–H and O–H groups in total. The summed E-state index contributed by atoms with van der Waals surface area (Å²) < 4.78 is 2.71. The predicted octanol–water partition coefficient (Wildman–Crippen LogP) is 0.261. The Balaban J connectivity index is 1.73. The first-order chi connectivity index (χ1) is 10.1. The number of aryl methyl sites for hydroxylation is 1. The van der Waals surface area contributed by atoms with Gasteiger partial charge in [0.05, 0.1) is 11.7 Å². The Hall–Kier alpha value is -2.41. The molecule has 1 amide bonds. The largest absolute Gasteiger partial charge is 0.350 e. The lowest BCUT2D eigenvalue weighted by Crippen LogP contribution is -2.35. The van der Waals surface area contributed by atoms with Gasteiger partial charge >= 0.3 is 5.69 Å². The third-order valence-corrected chi connectivity index (χ3v) is 3.58. The average molecular weight is 287 g/mol. The molecule has 0 unspecified atom stereocenters. The summed E-state index contributed by atoms with van der Waals surface area (Å²) in [6.45, 7) is 0.889. The predicted molar refractivity (Wildman–Crippen MR) is 78.5 cm³/mol. The first kappa shape index (κ1) is 13.6. The quantitative estimate of drug-likeness (QED) is 0.848. The van der Waals surface area contributed by atoms with Gasteiger partial charge in [-0.2, -0.15) is 9.78 Å². The summed E-state index contributed by atoms with van der Waals surface area (Å²) in [4.78, 5) is 23.8. The van der Waals surface area contributed by atoms with E-state index in [4.69, 9.17) is 0 Å². The van der Waals surface area contributed by atoms with E-state index in [2.05, 4.69) is 15.7 Å². The zero-order valence-electron chi connectivity index (χ0n) is 11.7. The Kier molecular flexibility index (Phi) is 3.57. The summed E-state index contributed by atoms with van der Waals surface area (Å²) in [5.74, 6) is -0.0183. The normalized spacial score (nSPS) is 17.9. The molecule has 1 aromatic heterocycles. The molecule has 0 bridgehead atoms. The van der Waals surface area contributed by atoms with Gasteiger partial charge in [-0.05, 0) is 43.7 Å². The topological polar surface area (TPSA) is 81.0 Å². The summed E-state index contributed by atoms with van der Waals surface area (Å²) in [6, 6.07) is 6.94. The van der Waals surface area contributed by atoms with Crippen LogP contribution in [0.4, 0.5) is 5.69 Å². The summed E-state index contributed by atoms with van der Waals surface area (Å²) >= 11 is 0. The van der Waals surface area contributed by atoms with E-state index in [1.807, 2.05) is 0 Å². The van der Waals surface area contributed by atoms with Gasteiger partial charge in [0.25, 0.3) is 0 Å². The number of amides is 1. The van der Waals surface area contributed by atoms with Crippen molar-refractivity contribution in [1.29, 1.82) is 0 Å². The summed E-state index contributed by atoms with van der Waals surface area (Å²) in [5, 5.41) is 10.0. The minimum Gasteiger partial charge on any atom is -0.325 e. The van der Waals surface area contributed by atoms with Crippen molar-refractivity contribution in [3.63, 3.8) is 0 Å². The number of aromatic nitrogens is 3. The van der Waals surface area contributed by atoms with Crippen molar-refractivity contribution >= 4 is 11.6 Å². The molecule has 1 aromatic carbocycles.